The Morgan fingerprint density at radius 2 is 1.82 bits per heavy atom. The van der Waals surface area contributed by atoms with Gasteiger partial charge in [0.05, 0.1) is 0 Å². The highest BCUT2D eigenvalue weighted by Gasteiger charge is 2.21. The summed E-state index contributed by atoms with van der Waals surface area (Å²) in [5.41, 5.74) is 0. The van der Waals surface area contributed by atoms with E-state index < -0.39 is 0 Å². The molecule has 2 nitrogen and oxygen atoms in total. The quantitative estimate of drug-likeness (QED) is 0.580. The van der Waals surface area contributed by atoms with Crippen LogP contribution in [0, 0.1) is 5.92 Å². The largest absolute Gasteiger partial charge is 0.306 e. The van der Waals surface area contributed by atoms with Crippen molar-refractivity contribution in [2.24, 2.45) is 5.92 Å². The van der Waals surface area contributed by atoms with Crippen LogP contribution in [0.4, 0.5) is 0 Å². The molecule has 0 aliphatic carbocycles. The Kier molecular flexibility index (Phi) is 3.34. The molecular formula is C9H19N2. The lowest BCUT2D eigenvalue weighted by Gasteiger charge is -2.31. The maximum absolute atomic E-state index is 4.35. The standard InChI is InChI=1S/C9H19N2/c1-8(11(2)3)9-4-6-10-7-5-9/h8-9H,4-7H2,1-3H3. The molecule has 0 N–H and O–H groups in total. The Bertz CT molecular complexity index is 106. The average Bonchev–Trinajstić information content (AvgIpc) is 2.05. The van der Waals surface area contributed by atoms with Crippen LogP contribution in [-0.4, -0.2) is 38.1 Å². The SMILES string of the molecule is CC(C1CC[N]CC1)N(C)C. The summed E-state index contributed by atoms with van der Waals surface area (Å²) in [5.74, 6) is 0.877. The highest BCUT2D eigenvalue weighted by molar-refractivity contribution is 4.76. The highest BCUT2D eigenvalue weighted by atomic mass is 15.1. The molecule has 0 bridgehead atoms. The second kappa shape index (κ2) is 4.07. The van der Waals surface area contributed by atoms with E-state index in [1.165, 1.54) is 12.8 Å². The number of hydrogen-bond donors (Lipinski definition) is 0. The highest BCUT2D eigenvalue weighted by Crippen LogP contribution is 2.19. The van der Waals surface area contributed by atoms with Gasteiger partial charge in [0.15, 0.2) is 0 Å². The van der Waals surface area contributed by atoms with E-state index in [-0.39, 0.29) is 0 Å². The van der Waals surface area contributed by atoms with Crippen molar-refractivity contribution < 1.29 is 0 Å². The van der Waals surface area contributed by atoms with Gasteiger partial charge in [-0.3, -0.25) is 0 Å². The first-order valence-electron chi connectivity index (χ1n) is 4.51. The average molecular weight is 155 g/mol. The van der Waals surface area contributed by atoms with E-state index in [0.717, 1.165) is 25.0 Å². The summed E-state index contributed by atoms with van der Waals surface area (Å²) in [6, 6.07) is 0.727. The van der Waals surface area contributed by atoms with Crippen LogP contribution in [0.25, 0.3) is 0 Å². The maximum Gasteiger partial charge on any atom is 0.0136 e. The zero-order chi connectivity index (χ0) is 8.27. The lowest BCUT2D eigenvalue weighted by molar-refractivity contribution is 0.190. The molecule has 1 radical (unpaired) electrons. The predicted molar refractivity (Wildman–Crippen MR) is 47.7 cm³/mol. The van der Waals surface area contributed by atoms with E-state index in [1.54, 1.807) is 0 Å². The predicted octanol–water partition coefficient (Wildman–Crippen LogP) is 0.951. The number of piperidine rings is 1. The Balaban J connectivity index is 2.32. The van der Waals surface area contributed by atoms with E-state index in [9.17, 15) is 0 Å². The van der Waals surface area contributed by atoms with Crippen LogP contribution in [0.15, 0.2) is 0 Å². The zero-order valence-corrected chi connectivity index (χ0v) is 7.88. The van der Waals surface area contributed by atoms with Gasteiger partial charge in [-0.15, -0.1) is 0 Å². The van der Waals surface area contributed by atoms with Crippen LogP contribution >= 0.6 is 0 Å². The minimum Gasteiger partial charge on any atom is -0.306 e. The molecule has 0 amide bonds. The molecule has 1 aliphatic heterocycles. The molecule has 1 unspecified atom stereocenters. The molecule has 0 aromatic carbocycles. The van der Waals surface area contributed by atoms with Crippen molar-refractivity contribution >= 4 is 0 Å². The third-order valence-electron chi connectivity index (χ3n) is 2.81. The Morgan fingerprint density at radius 3 is 2.27 bits per heavy atom. The van der Waals surface area contributed by atoms with Gasteiger partial charge < -0.3 is 4.90 Å². The molecule has 2 heteroatoms. The molecule has 1 fully saturated rings. The van der Waals surface area contributed by atoms with Crippen molar-refractivity contribution in [1.29, 1.82) is 0 Å². The van der Waals surface area contributed by atoms with Gasteiger partial charge in [0.25, 0.3) is 0 Å². The van der Waals surface area contributed by atoms with E-state index >= 15 is 0 Å². The number of nitrogens with zero attached hydrogens (tertiary/aromatic N) is 2. The molecule has 1 heterocycles. The van der Waals surface area contributed by atoms with Gasteiger partial charge in [0.2, 0.25) is 0 Å². The number of rotatable bonds is 2. The van der Waals surface area contributed by atoms with Gasteiger partial charge in [-0.2, -0.15) is 0 Å². The van der Waals surface area contributed by atoms with Crippen molar-refractivity contribution in [3.05, 3.63) is 0 Å². The molecule has 1 atom stereocenters. The Hall–Kier alpha value is -0.0800. The van der Waals surface area contributed by atoms with Crippen LogP contribution in [-0.2, 0) is 0 Å². The van der Waals surface area contributed by atoms with Crippen molar-refractivity contribution in [1.82, 2.24) is 10.2 Å². The van der Waals surface area contributed by atoms with Crippen molar-refractivity contribution in [3.63, 3.8) is 0 Å². The summed E-state index contributed by atoms with van der Waals surface area (Å²) in [6.45, 7) is 4.49. The minimum absolute atomic E-state index is 0.727. The maximum atomic E-state index is 4.35. The van der Waals surface area contributed by atoms with Crippen molar-refractivity contribution in [2.75, 3.05) is 27.2 Å². The summed E-state index contributed by atoms with van der Waals surface area (Å²) in [4.78, 5) is 2.32. The van der Waals surface area contributed by atoms with Crippen LogP contribution < -0.4 is 5.32 Å². The Morgan fingerprint density at radius 1 is 1.27 bits per heavy atom. The second-order valence-electron chi connectivity index (χ2n) is 3.71. The van der Waals surface area contributed by atoms with E-state index in [4.69, 9.17) is 0 Å². The molecular weight excluding hydrogens is 136 g/mol. The smallest absolute Gasteiger partial charge is 0.0136 e. The summed E-state index contributed by atoms with van der Waals surface area (Å²) >= 11 is 0. The minimum atomic E-state index is 0.727. The first kappa shape index (κ1) is 9.01. The molecule has 65 valence electrons. The van der Waals surface area contributed by atoms with E-state index in [1.807, 2.05) is 0 Å². The molecule has 11 heavy (non-hydrogen) atoms. The summed E-state index contributed by atoms with van der Waals surface area (Å²) in [7, 11) is 4.33. The normalized spacial score (nSPS) is 24.0. The van der Waals surface area contributed by atoms with Gasteiger partial charge >= 0.3 is 0 Å². The summed E-state index contributed by atoms with van der Waals surface area (Å²) in [6.07, 6.45) is 2.58. The molecule has 1 aliphatic rings. The molecule has 1 rings (SSSR count). The third kappa shape index (κ3) is 2.46. The lowest BCUT2D eigenvalue weighted by Crippen LogP contribution is -2.37. The van der Waals surface area contributed by atoms with Crippen LogP contribution in [0.2, 0.25) is 0 Å². The van der Waals surface area contributed by atoms with Gasteiger partial charge in [-0.1, -0.05) is 0 Å². The topological polar surface area (TPSA) is 17.3 Å². The molecule has 1 saturated heterocycles. The van der Waals surface area contributed by atoms with Gasteiger partial charge in [-0.05, 0) is 39.8 Å². The lowest BCUT2D eigenvalue weighted by atomic mass is 9.91. The van der Waals surface area contributed by atoms with Crippen LogP contribution in [0.3, 0.4) is 0 Å². The van der Waals surface area contributed by atoms with Gasteiger partial charge in [-0.25, -0.2) is 5.32 Å². The van der Waals surface area contributed by atoms with Crippen LogP contribution in [0.5, 0.6) is 0 Å². The van der Waals surface area contributed by atoms with Crippen LogP contribution in [0.1, 0.15) is 19.8 Å². The number of hydrogen-bond acceptors (Lipinski definition) is 1. The Labute approximate surface area is 70.0 Å². The van der Waals surface area contributed by atoms with Crippen molar-refractivity contribution in [3.8, 4) is 0 Å². The van der Waals surface area contributed by atoms with Gasteiger partial charge in [0, 0.05) is 19.1 Å². The fraction of sp³-hybridized carbons (Fsp3) is 1.00. The zero-order valence-electron chi connectivity index (χ0n) is 7.88. The first-order chi connectivity index (χ1) is 5.22. The fourth-order valence-corrected chi connectivity index (χ4v) is 1.67. The summed E-state index contributed by atoms with van der Waals surface area (Å²) < 4.78 is 0. The second-order valence-corrected chi connectivity index (χ2v) is 3.71. The molecule has 0 spiro atoms. The van der Waals surface area contributed by atoms with E-state index in [0.29, 0.717) is 0 Å². The fourth-order valence-electron chi connectivity index (χ4n) is 1.67. The third-order valence-corrected chi connectivity index (χ3v) is 2.81. The monoisotopic (exact) mass is 155 g/mol. The van der Waals surface area contributed by atoms with Gasteiger partial charge in [0.1, 0.15) is 0 Å². The first-order valence-corrected chi connectivity index (χ1v) is 4.51. The van der Waals surface area contributed by atoms with Crippen molar-refractivity contribution in [2.45, 2.75) is 25.8 Å². The molecule has 0 aromatic rings. The van der Waals surface area contributed by atoms with E-state index in [2.05, 4.69) is 31.2 Å². The molecule has 0 saturated carbocycles. The summed E-state index contributed by atoms with van der Waals surface area (Å²) in [5, 5.41) is 4.35. The molecule has 0 aromatic heterocycles.